The molecule has 1 N–H and O–H groups in total. The molecule has 0 aromatic carbocycles. The Labute approximate surface area is 126 Å². The maximum atomic E-state index is 4.22. The fourth-order valence-electron chi connectivity index (χ4n) is 2.36. The second-order valence-electron chi connectivity index (χ2n) is 5.98. The summed E-state index contributed by atoms with van der Waals surface area (Å²) in [6.45, 7) is 13.0. The van der Waals surface area contributed by atoms with Gasteiger partial charge < -0.3 is 5.32 Å². The van der Waals surface area contributed by atoms with Gasteiger partial charge in [0.05, 0.1) is 12.2 Å². The molecular formula is C14H27N5S. The topological polar surface area (TPSA) is 46.0 Å². The third-order valence-electron chi connectivity index (χ3n) is 3.42. The van der Waals surface area contributed by atoms with Gasteiger partial charge in [-0.1, -0.05) is 26.0 Å². The van der Waals surface area contributed by atoms with Gasteiger partial charge in [0.1, 0.15) is 0 Å². The Bertz CT molecular complexity index is 393. The predicted molar refractivity (Wildman–Crippen MR) is 84.9 cm³/mol. The molecule has 2 heterocycles. The van der Waals surface area contributed by atoms with Crippen LogP contribution in [0.5, 0.6) is 0 Å². The zero-order chi connectivity index (χ0) is 14.4. The number of aromatic nitrogens is 3. The van der Waals surface area contributed by atoms with E-state index >= 15 is 0 Å². The molecule has 1 fully saturated rings. The number of hydrogen-bond donors (Lipinski definition) is 1. The third-order valence-corrected chi connectivity index (χ3v) is 4.55. The Kier molecular flexibility index (Phi) is 6.32. The van der Waals surface area contributed by atoms with Crippen molar-refractivity contribution in [1.82, 2.24) is 25.2 Å². The molecule has 0 amide bonds. The SMILES string of the molecule is CC(C)CNCc1cn(CCN2CCSC(C)C2)nn1. The molecule has 1 aliphatic rings. The normalized spacial score (nSPS) is 20.7. The molecular weight excluding hydrogens is 270 g/mol. The summed E-state index contributed by atoms with van der Waals surface area (Å²) in [4.78, 5) is 2.53. The Morgan fingerprint density at radius 3 is 3.05 bits per heavy atom. The largest absolute Gasteiger partial charge is 0.311 e. The monoisotopic (exact) mass is 297 g/mol. The summed E-state index contributed by atoms with van der Waals surface area (Å²) in [5.74, 6) is 1.92. The minimum Gasteiger partial charge on any atom is -0.311 e. The number of nitrogens with zero attached hydrogens (tertiary/aromatic N) is 4. The van der Waals surface area contributed by atoms with E-state index in [2.05, 4.69) is 59.3 Å². The Morgan fingerprint density at radius 1 is 1.45 bits per heavy atom. The highest BCUT2D eigenvalue weighted by molar-refractivity contribution is 7.99. The van der Waals surface area contributed by atoms with Crippen LogP contribution in [0.1, 0.15) is 26.5 Å². The fourth-order valence-corrected chi connectivity index (χ4v) is 3.44. The van der Waals surface area contributed by atoms with Gasteiger partial charge in [0.2, 0.25) is 0 Å². The van der Waals surface area contributed by atoms with Crippen LogP contribution >= 0.6 is 11.8 Å². The van der Waals surface area contributed by atoms with Crippen molar-refractivity contribution in [2.75, 3.05) is 31.9 Å². The van der Waals surface area contributed by atoms with Crippen LogP contribution in [0.2, 0.25) is 0 Å². The van der Waals surface area contributed by atoms with Crippen LogP contribution in [0, 0.1) is 5.92 Å². The average Bonchev–Trinajstić information content (AvgIpc) is 2.84. The fraction of sp³-hybridized carbons (Fsp3) is 0.857. The van der Waals surface area contributed by atoms with Crippen LogP contribution < -0.4 is 5.32 Å². The molecule has 1 unspecified atom stereocenters. The van der Waals surface area contributed by atoms with Crippen molar-refractivity contribution in [3.8, 4) is 0 Å². The van der Waals surface area contributed by atoms with Gasteiger partial charge in [-0.05, 0) is 12.5 Å². The summed E-state index contributed by atoms with van der Waals surface area (Å²) in [6, 6.07) is 0. The zero-order valence-corrected chi connectivity index (χ0v) is 13.7. The predicted octanol–water partition coefficient (Wildman–Crippen LogP) is 1.46. The lowest BCUT2D eigenvalue weighted by Crippen LogP contribution is -2.38. The van der Waals surface area contributed by atoms with E-state index in [1.165, 1.54) is 18.8 Å². The van der Waals surface area contributed by atoms with Gasteiger partial charge in [-0.25, -0.2) is 0 Å². The number of hydrogen-bond acceptors (Lipinski definition) is 5. The number of nitrogens with one attached hydrogen (secondary N) is 1. The Morgan fingerprint density at radius 2 is 2.30 bits per heavy atom. The van der Waals surface area contributed by atoms with Crippen molar-refractivity contribution in [1.29, 1.82) is 0 Å². The van der Waals surface area contributed by atoms with Crippen molar-refractivity contribution >= 4 is 11.8 Å². The van der Waals surface area contributed by atoms with Crippen molar-refractivity contribution in [2.45, 2.75) is 39.1 Å². The molecule has 0 bridgehead atoms. The highest BCUT2D eigenvalue weighted by Gasteiger charge is 2.16. The minimum absolute atomic E-state index is 0.670. The molecule has 1 aromatic rings. The van der Waals surface area contributed by atoms with Crippen LogP contribution in [0.3, 0.4) is 0 Å². The Balaban J connectivity index is 1.69. The van der Waals surface area contributed by atoms with E-state index in [-0.39, 0.29) is 0 Å². The van der Waals surface area contributed by atoms with E-state index in [1.807, 2.05) is 4.68 Å². The first kappa shape index (κ1) is 15.8. The molecule has 1 aromatic heterocycles. The maximum absolute atomic E-state index is 4.22. The summed E-state index contributed by atoms with van der Waals surface area (Å²) in [6.07, 6.45) is 2.06. The quantitative estimate of drug-likeness (QED) is 0.825. The molecule has 5 nitrogen and oxygen atoms in total. The van der Waals surface area contributed by atoms with Crippen LogP contribution in [0.25, 0.3) is 0 Å². The van der Waals surface area contributed by atoms with E-state index in [1.54, 1.807) is 0 Å². The van der Waals surface area contributed by atoms with Gasteiger partial charge in [-0.15, -0.1) is 5.10 Å². The van der Waals surface area contributed by atoms with Crippen LogP contribution in [0.15, 0.2) is 6.20 Å². The van der Waals surface area contributed by atoms with Crippen molar-refractivity contribution in [3.05, 3.63) is 11.9 Å². The van der Waals surface area contributed by atoms with Crippen molar-refractivity contribution < 1.29 is 0 Å². The van der Waals surface area contributed by atoms with E-state index in [9.17, 15) is 0 Å². The Hall–Kier alpha value is -0.590. The van der Waals surface area contributed by atoms with Gasteiger partial charge >= 0.3 is 0 Å². The van der Waals surface area contributed by atoms with E-state index < -0.39 is 0 Å². The molecule has 20 heavy (non-hydrogen) atoms. The molecule has 1 saturated heterocycles. The summed E-state index contributed by atoms with van der Waals surface area (Å²) in [5.41, 5.74) is 1.04. The molecule has 0 radical (unpaired) electrons. The van der Waals surface area contributed by atoms with Crippen LogP contribution in [-0.2, 0) is 13.1 Å². The smallest absolute Gasteiger partial charge is 0.0964 e. The van der Waals surface area contributed by atoms with Crippen molar-refractivity contribution in [3.63, 3.8) is 0 Å². The first-order valence-electron chi connectivity index (χ1n) is 7.57. The summed E-state index contributed by atoms with van der Waals surface area (Å²) in [5, 5.41) is 12.6. The number of thioether (sulfide) groups is 1. The third kappa shape index (κ3) is 5.42. The van der Waals surface area contributed by atoms with E-state index in [0.29, 0.717) is 5.92 Å². The highest BCUT2D eigenvalue weighted by atomic mass is 32.2. The summed E-state index contributed by atoms with van der Waals surface area (Å²) < 4.78 is 1.97. The summed E-state index contributed by atoms with van der Waals surface area (Å²) in [7, 11) is 0. The molecule has 2 rings (SSSR count). The number of rotatable bonds is 7. The zero-order valence-electron chi connectivity index (χ0n) is 12.9. The lowest BCUT2D eigenvalue weighted by Gasteiger charge is -2.30. The minimum atomic E-state index is 0.670. The molecule has 114 valence electrons. The standard InChI is InChI=1S/C14H27N5S/c1-12(2)8-15-9-14-11-19(17-16-14)5-4-18-6-7-20-13(3)10-18/h11-13,15H,4-10H2,1-3H3. The van der Waals surface area contributed by atoms with E-state index in [0.717, 1.165) is 37.1 Å². The highest BCUT2D eigenvalue weighted by Crippen LogP contribution is 2.17. The van der Waals surface area contributed by atoms with Crippen LogP contribution in [0.4, 0.5) is 0 Å². The van der Waals surface area contributed by atoms with Gasteiger partial charge in [-0.3, -0.25) is 9.58 Å². The second-order valence-corrected chi connectivity index (χ2v) is 7.53. The van der Waals surface area contributed by atoms with Gasteiger partial charge in [0.15, 0.2) is 0 Å². The molecule has 1 atom stereocenters. The molecule has 6 heteroatoms. The van der Waals surface area contributed by atoms with Gasteiger partial charge in [0.25, 0.3) is 0 Å². The van der Waals surface area contributed by atoms with E-state index in [4.69, 9.17) is 0 Å². The molecule has 0 saturated carbocycles. The molecule has 1 aliphatic heterocycles. The second kappa shape index (κ2) is 8.00. The average molecular weight is 297 g/mol. The van der Waals surface area contributed by atoms with Crippen LogP contribution in [-0.4, -0.2) is 57.1 Å². The maximum Gasteiger partial charge on any atom is 0.0964 e. The summed E-state index contributed by atoms with van der Waals surface area (Å²) >= 11 is 2.07. The molecule has 0 spiro atoms. The first-order valence-corrected chi connectivity index (χ1v) is 8.62. The lowest BCUT2D eigenvalue weighted by atomic mass is 10.2. The molecule has 0 aliphatic carbocycles. The van der Waals surface area contributed by atoms with Gasteiger partial charge in [0, 0.05) is 43.4 Å². The lowest BCUT2D eigenvalue weighted by molar-refractivity contribution is 0.269. The van der Waals surface area contributed by atoms with Crippen molar-refractivity contribution in [2.24, 2.45) is 5.92 Å². The first-order chi connectivity index (χ1) is 9.63. The van der Waals surface area contributed by atoms with Gasteiger partial charge in [-0.2, -0.15) is 11.8 Å².